The van der Waals surface area contributed by atoms with Crippen molar-refractivity contribution >= 4 is 17.3 Å². The van der Waals surface area contributed by atoms with Gasteiger partial charge in [-0.05, 0) is 24.6 Å². The molecule has 1 aromatic rings. The highest BCUT2D eigenvalue weighted by atomic mass is 16.3. The van der Waals surface area contributed by atoms with Crippen molar-refractivity contribution in [3.05, 3.63) is 23.8 Å². The number of benzene rings is 1. The van der Waals surface area contributed by atoms with Crippen LogP contribution in [0.1, 0.15) is 23.7 Å². The average molecular weight is 251 g/mol. The summed E-state index contributed by atoms with van der Waals surface area (Å²) in [6.07, 6.45) is 0.688. The summed E-state index contributed by atoms with van der Waals surface area (Å²) in [5.74, 6) is -0.215. The summed E-state index contributed by atoms with van der Waals surface area (Å²) in [7, 11) is 3.79. The van der Waals surface area contributed by atoms with Gasteiger partial charge in [-0.3, -0.25) is 4.79 Å². The number of aliphatic hydroxyl groups is 1. The van der Waals surface area contributed by atoms with Crippen LogP contribution in [0.25, 0.3) is 0 Å². The van der Waals surface area contributed by atoms with Gasteiger partial charge < -0.3 is 21.1 Å². The first kappa shape index (κ1) is 14.3. The van der Waals surface area contributed by atoms with Crippen molar-refractivity contribution in [2.24, 2.45) is 0 Å². The van der Waals surface area contributed by atoms with Crippen molar-refractivity contribution in [3.8, 4) is 0 Å². The molecule has 1 aromatic carbocycles. The van der Waals surface area contributed by atoms with Crippen LogP contribution in [0, 0.1) is 0 Å². The fourth-order valence-corrected chi connectivity index (χ4v) is 1.65. The quantitative estimate of drug-likeness (QED) is 0.677. The Morgan fingerprint density at radius 3 is 2.61 bits per heavy atom. The normalized spacial score (nSPS) is 12.0. The van der Waals surface area contributed by atoms with Crippen molar-refractivity contribution in [2.75, 3.05) is 31.3 Å². The predicted molar refractivity (Wildman–Crippen MR) is 73.8 cm³/mol. The summed E-state index contributed by atoms with van der Waals surface area (Å²) in [5, 5.41) is 11.8. The van der Waals surface area contributed by atoms with Crippen molar-refractivity contribution in [1.82, 2.24) is 5.32 Å². The number of aliphatic hydroxyl groups excluding tert-OH is 1. The number of anilines is 2. The van der Waals surface area contributed by atoms with E-state index in [9.17, 15) is 4.79 Å². The molecule has 0 aliphatic carbocycles. The number of hydrogen-bond donors (Lipinski definition) is 3. The van der Waals surface area contributed by atoms with Gasteiger partial charge in [-0.15, -0.1) is 0 Å². The van der Waals surface area contributed by atoms with Gasteiger partial charge in [-0.1, -0.05) is 6.92 Å². The Morgan fingerprint density at radius 1 is 1.50 bits per heavy atom. The van der Waals surface area contributed by atoms with E-state index < -0.39 is 0 Å². The highest BCUT2D eigenvalue weighted by molar-refractivity contribution is 5.96. The number of nitrogens with one attached hydrogen (secondary N) is 1. The molecule has 1 rings (SSSR count). The highest BCUT2D eigenvalue weighted by Crippen LogP contribution is 2.22. The SMILES string of the molecule is CCC(CO)NC(=O)c1ccc(N(C)C)c(N)c1. The van der Waals surface area contributed by atoms with Crippen molar-refractivity contribution < 1.29 is 9.90 Å². The molecule has 1 unspecified atom stereocenters. The third-order valence-electron chi connectivity index (χ3n) is 2.82. The Bertz CT molecular complexity index is 415. The van der Waals surface area contributed by atoms with Crippen molar-refractivity contribution in [1.29, 1.82) is 0 Å². The van der Waals surface area contributed by atoms with Gasteiger partial charge in [-0.25, -0.2) is 0 Å². The molecule has 0 radical (unpaired) electrons. The summed E-state index contributed by atoms with van der Waals surface area (Å²) in [4.78, 5) is 13.8. The lowest BCUT2D eigenvalue weighted by Crippen LogP contribution is -2.36. The van der Waals surface area contributed by atoms with Gasteiger partial charge in [0.1, 0.15) is 0 Å². The molecule has 100 valence electrons. The first-order valence-electron chi connectivity index (χ1n) is 5.98. The number of nitrogens with zero attached hydrogens (tertiary/aromatic N) is 1. The van der Waals surface area contributed by atoms with E-state index in [4.69, 9.17) is 10.8 Å². The second-order valence-electron chi connectivity index (χ2n) is 4.43. The first-order valence-corrected chi connectivity index (χ1v) is 5.98. The lowest BCUT2D eigenvalue weighted by Gasteiger charge is -2.17. The zero-order valence-electron chi connectivity index (χ0n) is 11.1. The van der Waals surface area contributed by atoms with Crippen LogP contribution in [-0.4, -0.2) is 37.8 Å². The molecule has 0 saturated carbocycles. The Kier molecular flexibility index (Phi) is 4.97. The minimum Gasteiger partial charge on any atom is -0.397 e. The lowest BCUT2D eigenvalue weighted by atomic mass is 10.1. The van der Waals surface area contributed by atoms with Gasteiger partial charge in [0.25, 0.3) is 5.91 Å². The summed E-state index contributed by atoms with van der Waals surface area (Å²) < 4.78 is 0. The van der Waals surface area contributed by atoms with Crippen LogP contribution in [0.4, 0.5) is 11.4 Å². The van der Waals surface area contributed by atoms with E-state index in [0.29, 0.717) is 17.7 Å². The van der Waals surface area contributed by atoms with Crippen molar-refractivity contribution in [3.63, 3.8) is 0 Å². The molecule has 5 nitrogen and oxygen atoms in total. The molecule has 0 aromatic heterocycles. The predicted octanol–water partition coefficient (Wildman–Crippen LogP) is 0.836. The smallest absolute Gasteiger partial charge is 0.251 e. The number of nitrogen functional groups attached to an aromatic ring is 1. The maximum Gasteiger partial charge on any atom is 0.251 e. The minimum atomic E-state index is -0.216. The van der Waals surface area contributed by atoms with Gasteiger partial charge in [0.15, 0.2) is 0 Å². The summed E-state index contributed by atoms with van der Waals surface area (Å²) in [5.41, 5.74) is 7.83. The van der Waals surface area contributed by atoms with Gasteiger partial charge in [0.05, 0.1) is 24.0 Å². The zero-order chi connectivity index (χ0) is 13.7. The molecule has 0 aliphatic heterocycles. The zero-order valence-corrected chi connectivity index (χ0v) is 11.1. The molecule has 0 aliphatic rings. The molecule has 0 bridgehead atoms. The first-order chi connectivity index (χ1) is 8.49. The lowest BCUT2D eigenvalue weighted by molar-refractivity contribution is 0.0915. The van der Waals surface area contributed by atoms with Crippen LogP contribution in [0.5, 0.6) is 0 Å². The Hall–Kier alpha value is -1.75. The largest absolute Gasteiger partial charge is 0.397 e. The molecule has 0 fully saturated rings. The standard InChI is InChI=1S/C13H21N3O2/c1-4-10(8-17)15-13(18)9-5-6-12(16(2)3)11(14)7-9/h5-7,10,17H,4,8,14H2,1-3H3,(H,15,18). The van der Waals surface area contributed by atoms with E-state index >= 15 is 0 Å². The molecule has 0 spiro atoms. The number of hydrogen-bond acceptors (Lipinski definition) is 4. The van der Waals surface area contributed by atoms with Crippen LogP contribution < -0.4 is 16.0 Å². The highest BCUT2D eigenvalue weighted by Gasteiger charge is 2.12. The second kappa shape index (κ2) is 6.26. The van der Waals surface area contributed by atoms with E-state index in [-0.39, 0.29) is 18.6 Å². The van der Waals surface area contributed by atoms with Gasteiger partial charge in [-0.2, -0.15) is 0 Å². The number of carbonyl (C=O) groups excluding carboxylic acids is 1. The fourth-order valence-electron chi connectivity index (χ4n) is 1.65. The fraction of sp³-hybridized carbons (Fsp3) is 0.462. The van der Waals surface area contributed by atoms with Gasteiger partial charge in [0.2, 0.25) is 0 Å². The van der Waals surface area contributed by atoms with Crippen LogP contribution in [0.3, 0.4) is 0 Å². The molecule has 0 heterocycles. The molecular weight excluding hydrogens is 230 g/mol. The number of amides is 1. The van der Waals surface area contributed by atoms with E-state index in [1.165, 1.54) is 0 Å². The summed E-state index contributed by atoms with van der Waals surface area (Å²) in [6, 6.07) is 4.97. The number of carbonyl (C=O) groups is 1. The topological polar surface area (TPSA) is 78.6 Å². The van der Waals surface area contributed by atoms with Crippen LogP contribution in [0.15, 0.2) is 18.2 Å². The number of rotatable bonds is 5. The monoisotopic (exact) mass is 251 g/mol. The Labute approximate surface area is 108 Å². The molecule has 5 heteroatoms. The maximum atomic E-state index is 11.9. The molecule has 0 saturated heterocycles. The third-order valence-corrected chi connectivity index (χ3v) is 2.82. The molecule has 4 N–H and O–H groups in total. The van der Waals surface area contributed by atoms with Crippen LogP contribution >= 0.6 is 0 Å². The average Bonchev–Trinajstić information content (AvgIpc) is 2.34. The van der Waals surface area contributed by atoms with E-state index in [2.05, 4.69) is 5.32 Å². The van der Waals surface area contributed by atoms with E-state index in [1.54, 1.807) is 12.1 Å². The third kappa shape index (κ3) is 3.37. The van der Waals surface area contributed by atoms with E-state index in [0.717, 1.165) is 5.69 Å². The van der Waals surface area contributed by atoms with Crippen LogP contribution in [0.2, 0.25) is 0 Å². The molecular formula is C13H21N3O2. The second-order valence-corrected chi connectivity index (χ2v) is 4.43. The minimum absolute atomic E-state index is 0.0620. The van der Waals surface area contributed by atoms with E-state index in [1.807, 2.05) is 32.0 Å². The molecule has 1 atom stereocenters. The Balaban J connectivity index is 2.84. The molecule has 18 heavy (non-hydrogen) atoms. The Morgan fingerprint density at radius 2 is 2.17 bits per heavy atom. The summed E-state index contributed by atoms with van der Waals surface area (Å²) in [6.45, 7) is 1.85. The van der Waals surface area contributed by atoms with Gasteiger partial charge in [0, 0.05) is 19.7 Å². The number of nitrogens with two attached hydrogens (primary N) is 1. The van der Waals surface area contributed by atoms with Crippen LogP contribution in [-0.2, 0) is 0 Å². The molecule has 1 amide bonds. The summed E-state index contributed by atoms with van der Waals surface area (Å²) >= 11 is 0. The van der Waals surface area contributed by atoms with Gasteiger partial charge >= 0.3 is 0 Å². The van der Waals surface area contributed by atoms with Crippen molar-refractivity contribution in [2.45, 2.75) is 19.4 Å². The maximum absolute atomic E-state index is 11.9.